The van der Waals surface area contributed by atoms with Gasteiger partial charge in [0, 0.05) is 18.7 Å². The molecule has 1 aliphatic carbocycles. The van der Waals surface area contributed by atoms with Crippen LogP contribution in [0.1, 0.15) is 6.42 Å². The molecule has 1 unspecified atom stereocenters. The van der Waals surface area contributed by atoms with Gasteiger partial charge in [-0.1, -0.05) is 12.2 Å². The zero-order valence-electron chi connectivity index (χ0n) is 9.26. The fourth-order valence-electron chi connectivity index (χ4n) is 1.66. The normalized spacial score (nSPS) is 26.2. The van der Waals surface area contributed by atoms with Crippen LogP contribution in [-0.2, 0) is 14.2 Å². The Kier molecular flexibility index (Phi) is 3.77. The molecule has 0 bridgehead atoms. The van der Waals surface area contributed by atoms with Crippen molar-refractivity contribution in [3.8, 4) is 0 Å². The molecule has 2 aliphatic rings. The van der Waals surface area contributed by atoms with E-state index >= 15 is 0 Å². The van der Waals surface area contributed by atoms with Crippen molar-refractivity contribution in [2.75, 3.05) is 20.3 Å². The molecule has 0 saturated heterocycles. The maximum absolute atomic E-state index is 5.22. The number of nitrogens with zero attached hydrogens (tertiary/aromatic N) is 1. The van der Waals surface area contributed by atoms with Crippen molar-refractivity contribution in [1.29, 1.82) is 0 Å². The van der Waals surface area contributed by atoms with E-state index in [9.17, 15) is 0 Å². The maximum atomic E-state index is 5.22. The molecule has 0 aromatic rings. The minimum atomic E-state index is 0.395. The molecule has 0 aromatic carbocycles. The highest BCUT2D eigenvalue weighted by Crippen LogP contribution is 2.20. The van der Waals surface area contributed by atoms with Crippen LogP contribution in [0, 0.1) is 5.92 Å². The summed E-state index contributed by atoms with van der Waals surface area (Å²) >= 11 is 0. The van der Waals surface area contributed by atoms with Crippen molar-refractivity contribution in [2.45, 2.75) is 6.42 Å². The predicted molar refractivity (Wildman–Crippen MR) is 60.8 cm³/mol. The smallest absolute Gasteiger partial charge is 0.232 e. The van der Waals surface area contributed by atoms with Crippen LogP contribution in [0.4, 0.5) is 0 Å². The minimum Gasteiger partial charge on any atom is -0.488 e. The van der Waals surface area contributed by atoms with Gasteiger partial charge in [-0.05, 0) is 12.5 Å². The van der Waals surface area contributed by atoms with E-state index in [2.05, 4.69) is 11.1 Å². The van der Waals surface area contributed by atoms with Crippen LogP contribution in [0.5, 0.6) is 0 Å². The van der Waals surface area contributed by atoms with Gasteiger partial charge in [0.25, 0.3) is 0 Å². The summed E-state index contributed by atoms with van der Waals surface area (Å²) < 4.78 is 15.4. The van der Waals surface area contributed by atoms with Crippen LogP contribution in [0.2, 0.25) is 0 Å². The molecule has 2 rings (SSSR count). The van der Waals surface area contributed by atoms with Crippen molar-refractivity contribution >= 4 is 5.90 Å². The highest BCUT2D eigenvalue weighted by atomic mass is 16.6. The Morgan fingerprint density at radius 2 is 2.44 bits per heavy atom. The predicted octanol–water partition coefficient (Wildman–Crippen LogP) is 2.01. The number of aliphatic imine (C=N–C) groups is 1. The molecule has 0 fully saturated rings. The van der Waals surface area contributed by atoms with Gasteiger partial charge in [-0.2, -0.15) is 0 Å². The van der Waals surface area contributed by atoms with E-state index in [0.717, 1.165) is 18.7 Å². The van der Waals surface area contributed by atoms with Crippen LogP contribution >= 0.6 is 0 Å². The molecule has 1 atom stereocenters. The second-order valence-corrected chi connectivity index (χ2v) is 3.67. The van der Waals surface area contributed by atoms with Gasteiger partial charge in [-0.15, -0.1) is 0 Å². The summed E-state index contributed by atoms with van der Waals surface area (Å²) in [5.74, 6) is 0.995. The van der Waals surface area contributed by atoms with Crippen molar-refractivity contribution < 1.29 is 14.2 Å². The lowest BCUT2D eigenvalue weighted by atomic mass is 9.99. The van der Waals surface area contributed by atoms with E-state index in [4.69, 9.17) is 14.2 Å². The summed E-state index contributed by atoms with van der Waals surface area (Å²) in [6, 6.07) is 0. The molecule has 4 heteroatoms. The number of allylic oxidation sites excluding steroid dienone is 3. The number of rotatable bonds is 3. The van der Waals surface area contributed by atoms with Crippen molar-refractivity contribution in [3.05, 3.63) is 36.4 Å². The Balaban J connectivity index is 1.97. The van der Waals surface area contributed by atoms with Gasteiger partial charge in [0.2, 0.25) is 5.90 Å². The van der Waals surface area contributed by atoms with E-state index in [-0.39, 0.29) is 0 Å². The van der Waals surface area contributed by atoms with E-state index in [1.165, 1.54) is 12.5 Å². The molecule has 1 heterocycles. The van der Waals surface area contributed by atoms with Gasteiger partial charge in [0.05, 0.1) is 6.61 Å². The number of hydrogen-bond acceptors (Lipinski definition) is 4. The largest absolute Gasteiger partial charge is 0.488 e. The zero-order valence-corrected chi connectivity index (χ0v) is 9.26. The third kappa shape index (κ3) is 2.97. The van der Waals surface area contributed by atoms with Crippen LogP contribution in [0.15, 0.2) is 41.4 Å². The van der Waals surface area contributed by atoms with Crippen LogP contribution in [0.25, 0.3) is 0 Å². The van der Waals surface area contributed by atoms with Crippen molar-refractivity contribution in [3.63, 3.8) is 0 Å². The summed E-state index contributed by atoms with van der Waals surface area (Å²) in [5.41, 5.74) is 0.999. The number of hydrogen-bond donors (Lipinski definition) is 0. The molecule has 86 valence electrons. The standard InChI is InChI=1S/C12H15NO3/c1-14-8-10-3-2-4-11(7-10)13-12-9-15-5-6-16-12/h2-6,10H,7-9H2,1H3. The highest BCUT2D eigenvalue weighted by Gasteiger charge is 2.12. The van der Waals surface area contributed by atoms with Gasteiger partial charge in [-0.3, -0.25) is 0 Å². The molecule has 0 radical (unpaired) electrons. The molecule has 0 N–H and O–H groups in total. The second-order valence-electron chi connectivity index (χ2n) is 3.67. The Labute approximate surface area is 94.9 Å². The fourth-order valence-corrected chi connectivity index (χ4v) is 1.66. The summed E-state index contributed by atoms with van der Waals surface area (Å²) in [6.45, 7) is 1.11. The second kappa shape index (κ2) is 5.51. The van der Waals surface area contributed by atoms with E-state index in [1.54, 1.807) is 7.11 Å². The van der Waals surface area contributed by atoms with Gasteiger partial charge >= 0.3 is 0 Å². The Morgan fingerprint density at radius 3 is 3.19 bits per heavy atom. The van der Waals surface area contributed by atoms with E-state index in [0.29, 0.717) is 18.4 Å². The highest BCUT2D eigenvalue weighted by molar-refractivity contribution is 5.79. The van der Waals surface area contributed by atoms with Gasteiger partial charge in [0.1, 0.15) is 12.5 Å². The van der Waals surface area contributed by atoms with Gasteiger partial charge in [-0.25, -0.2) is 4.99 Å². The molecular weight excluding hydrogens is 206 g/mol. The third-order valence-corrected chi connectivity index (χ3v) is 2.35. The molecule has 0 saturated carbocycles. The summed E-state index contributed by atoms with van der Waals surface area (Å²) in [6.07, 6.45) is 10.0. The zero-order chi connectivity index (χ0) is 11.2. The minimum absolute atomic E-state index is 0.395. The SMILES string of the molecule is COCC1C=CC=C(N=C2COC=CO2)C1. The summed E-state index contributed by atoms with van der Waals surface area (Å²) in [5, 5.41) is 0. The first-order valence-electron chi connectivity index (χ1n) is 5.25. The molecule has 16 heavy (non-hydrogen) atoms. The lowest BCUT2D eigenvalue weighted by Crippen LogP contribution is -2.14. The average Bonchev–Trinajstić information content (AvgIpc) is 2.31. The molecule has 4 nitrogen and oxygen atoms in total. The van der Waals surface area contributed by atoms with Gasteiger partial charge in [0.15, 0.2) is 6.61 Å². The Hall–Kier alpha value is -1.55. The molecular formula is C12H15NO3. The summed E-state index contributed by atoms with van der Waals surface area (Å²) in [7, 11) is 1.71. The first kappa shape index (κ1) is 11.0. The average molecular weight is 221 g/mol. The number of ether oxygens (including phenoxy) is 3. The topological polar surface area (TPSA) is 40.0 Å². The lowest BCUT2D eigenvalue weighted by molar-refractivity contribution is 0.169. The third-order valence-electron chi connectivity index (χ3n) is 2.35. The monoisotopic (exact) mass is 221 g/mol. The molecule has 0 aromatic heterocycles. The van der Waals surface area contributed by atoms with Gasteiger partial charge < -0.3 is 14.2 Å². The first-order valence-corrected chi connectivity index (χ1v) is 5.25. The Morgan fingerprint density at radius 1 is 1.50 bits per heavy atom. The van der Waals surface area contributed by atoms with E-state index < -0.39 is 0 Å². The van der Waals surface area contributed by atoms with Crippen molar-refractivity contribution in [2.24, 2.45) is 10.9 Å². The van der Waals surface area contributed by atoms with Crippen LogP contribution in [-0.4, -0.2) is 26.2 Å². The Bertz CT molecular complexity index is 355. The quantitative estimate of drug-likeness (QED) is 0.732. The molecule has 0 spiro atoms. The van der Waals surface area contributed by atoms with Crippen LogP contribution < -0.4 is 0 Å². The lowest BCUT2D eigenvalue weighted by Gasteiger charge is -2.16. The number of methoxy groups -OCH3 is 1. The fraction of sp³-hybridized carbons (Fsp3) is 0.417. The summed E-state index contributed by atoms with van der Waals surface area (Å²) in [4.78, 5) is 4.40. The van der Waals surface area contributed by atoms with Crippen molar-refractivity contribution in [1.82, 2.24) is 0 Å². The van der Waals surface area contributed by atoms with E-state index in [1.807, 2.05) is 12.2 Å². The molecule has 0 amide bonds. The first-order chi connectivity index (χ1) is 7.88. The maximum Gasteiger partial charge on any atom is 0.232 e. The van der Waals surface area contributed by atoms with Crippen LogP contribution in [0.3, 0.4) is 0 Å². The molecule has 1 aliphatic heterocycles.